The van der Waals surface area contributed by atoms with E-state index >= 15 is 0 Å². The van der Waals surface area contributed by atoms with Gasteiger partial charge in [0.15, 0.2) is 0 Å². The number of fused-ring (bicyclic) bond motifs is 1. The van der Waals surface area contributed by atoms with Crippen molar-refractivity contribution in [1.29, 1.82) is 0 Å². The third kappa shape index (κ3) is 2.65. The predicted molar refractivity (Wildman–Crippen MR) is 84.7 cm³/mol. The highest BCUT2D eigenvalue weighted by molar-refractivity contribution is 4.99. The van der Waals surface area contributed by atoms with E-state index in [9.17, 15) is 0 Å². The Morgan fingerprint density at radius 2 is 1.80 bits per heavy atom. The largest absolute Gasteiger partial charge is 0.326 e. The van der Waals surface area contributed by atoms with Gasteiger partial charge in [-0.2, -0.15) is 0 Å². The Bertz CT molecular complexity index is 341. The first-order chi connectivity index (χ1) is 9.49. The molecular formula is C17H33N3. The van der Waals surface area contributed by atoms with E-state index < -0.39 is 0 Å². The molecule has 2 N–H and O–H groups in total. The van der Waals surface area contributed by atoms with Crippen LogP contribution < -0.4 is 5.73 Å². The van der Waals surface area contributed by atoms with Crippen LogP contribution in [-0.4, -0.2) is 54.6 Å². The predicted octanol–water partition coefficient (Wildman–Crippen LogP) is 2.31. The highest BCUT2D eigenvalue weighted by atomic mass is 15.2. The van der Waals surface area contributed by atoms with Gasteiger partial charge in [-0.1, -0.05) is 20.3 Å². The van der Waals surface area contributed by atoms with Gasteiger partial charge in [0.1, 0.15) is 0 Å². The van der Waals surface area contributed by atoms with Gasteiger partial charge in [-0.25, -0.2) is 0 Å². The highest BCUT2D eigenvalue weighted by Crippen LogP contribution is 2.39. The molecule has 3 fully saturated rings. The Kier molecular flexibility index (Phi) is 4.13. The van der Waals surface area contributed by atoms with Crippen LogP contribution >= 0.6 is 0 Å². The maximum Gasteiger partial charge on any atom is 0.0252 e. The van der Waals surface area contributed by atoms with E-state index in [1.165, 1.54) is 58.2 Å². The van der Waals surface area contributed by atoms with Crippen LogP contribution in [0.2, 0.25) is 0 Å². The molecule has 3 aliphatic rings. The van der Waals surface area contributed by atoms with Crippen LogP contribution in [0.25, 0.3) is 0 Å². The van der Waals surface area contributed by atoms with E-state index in [-0.39, 0.29) is 0 Å². The molecule has 0 bridgehead atoms. The maximum absolute atomic E-state index is 6.63. The lowest BCUT2D eigenvalue weighted by molar-refractivity contribution is -0.00986. The average Bonchev–Trinajstić information content (AvgIpc) is 2.42. The van der Waals surface area contributed by atoms with Crippen LogP contribution in [0.3, 0.4) is 0 Å². The number of piperidine rings is 2. The topological polar surface area (TPSA) is 32.5 Å². The van der Waals surface area contributed by atoms with Gasteiger partial charge in [-0.05, 0) is 57.0 Å². The molecule has 0 aromatic rings. The summed E-state index contributed by atoms with van der Waals surface area (Å²) in [6.07, 6.45) is 8.14. The van der Waals surface area contributed by atoms with Crippen molar-refractivity contribution in [3.8, 4) is 0 Å². The zero-order valence-corrected chi connectivity index (χ0v) is 13.6. The lowest BCUT2D eigenvalue weighted by Gasteiger charge is -2.52. The molecule has 0 radical (unpaired) electrons. The van der Waals surface area contributed by atoms with Crippen molar-refractivity contribution in [1.82, 2.24) is 9.80 Å². The normalized spacial score (nSPS) is 43.2. The second-order valence-electron chi connectivity index (χ2n) is 8.21. The van der Waals surface area contributed by atoms with Gasteiger partial charge < -0.3 is 10.6 Å². The molecule has 116 valence electrons. The Morgan fingerprint density at radius 3 is 2.60 bits per heavy atom. The fraction of sp³-hybridized carbons (Fsp3) is 1.00. The van der Waals surface area contributed by atoms with Crippen molar-refractivity contribution in [3.63, 3.8) is 0 Å². The molecule has 3 rings (SSSR count). The molecule has 20 heavy (non-hydrogen) atoms. The summed E-state index contributed by atoms with van der Waals surface area (Å²) in [5.41, 5.74) is 6.95. The van der Waals surface area contributed by atoms with Crippen LogP contribution in [0.4, 0.5) is 0 Å². The van der Waals surface area contributed by atoms with Crippen LogP contribution in [-0.2, 0) is 0 Å². The summed E-state index contributed by atoms with van der Waals surface area (Å²) in [6.45, 7) is 8.59. The zero-order valence-electron chi connectivity index (χ0n) is 13.6. The van der Waals surface area contributed by atoms with Gasteiger partial charge in [-0.15, -0.1) is 0 Å². The van der Waals surface area contributed by atoms with Gasteiger partial charge in [0.2, 0.25) is 0 Å². The van der Waals surface area contributed by atoms with Gasteiger partial charge in [-0.3, -0.25) is 4.90 Å². The number of nitrogens with two attached hydrogens (primary N) is 1. The Morgan fingerprint density at radius 1 is 1.00 bits per heavy atom. The molecule has 1 aliphatic carbocycles. The summed E-state index contributed by atoms with van der Waals surface area (Å²) >= 11 is 0. The second kappa shape index (κ2) is 5.58. The number of likely N-dealkylation sites (tertiary alicyclic amines) is 2. The van der Waals surface area contributed by atoms with Crippen LogP contribution in [0.15, 0.2) is 0 Å². The Balaban J connectivity index is 1.67. The molecule has 3 nitrogen and oxygen atoms in total. The molecule has 3 heteroatoms. The molecule has 4 unspecified atom stereocenters. The van der Waals surface area contributed by atoms with Gasteiger partial charge in [0, 0.05) is 31.2 Å². The lowest BCUT2D eigenvalue weighted by atomic mass is 9.70. The lowest BCUT2D eigenvalue weighted by Crippen LogP contribution is -2.61. The molecule has 4 atom stereocenters. The maximum atomic E-state index is 6.63. The molecule has 2 saturated heterocycles. The summed E-state index contributed by atoms with van der Waals surface area (Å²) in [5, 5.41) is 0. The quantitative estimate of drug-likeness (QED) is 0.799. The third-order valence-electron chi connectivity index (χ3n) is 6.48. The van der Waals surface area contributed by atoms with E-state index in [0.717, 1.165) is 12.0 Å². The number of hydrogen-bond donors (Lipinski definition) is 1. The van der Waals surface area contributed by atoms with E-state index in [0.29, 0.717) is 17.5 Å². The first kappa shape index (κ1) is 14.8. The molecule has 2 heterocycles. The fourth-order valence-electron chi connectivity index (χ4n) is 5.03. The Hall–Kier alpha value is -0.120. The van der Waals surface area contributed by atoms with E-state index in [4.69, 9.17) is 5.73 Å². The van der Waals surface area contributed by atoms with E-state index in [1.54, 1.807) is 0 Å². The van der Waals surface area contributed by atoms with Crippen molar-refractivity contribution >= 4 is 0 Å². The monoisotopic (exact) mass is 279 g/mol. The molecule has 2 aliphatic heterocycles. The highest BCUT2D eigenvalue weighted by Gasteiger charge is 2.42. The molecule has 0 aromatic carbocycles. The number of hydrogen-bond acceptors (Lipinski definition) is 3. The van der Waals surface area contributed by atoms with Crippen LogP contribution in [0.5, 0.6) is 0 Å². The second-order valence-corrected chi connectivity index (χ2v) is 8.21. The van der Waals surface area contributed by atoms with Crippen molar-refractivity contribution < 1.29 is 0 Å². The molecule has 1 saturated carbocycles. The van der Waals surface area contributed by atoms with Crippen LogP contribution in [0, 0.1) is 11.3 Å². The summed E-state index contributed by atoms with van der Waals surface area (Å²) in [6, 6.07) is 1.83. The SMILES string of the molecule is CN1CCCC2CN(C3CCCC(C)(C)C3N)CCC21. The summed E-state index contributed by atoms with van der Waals surface area (Å²) < 4.78 is 0. The first-order valence-corrected chi connectivity index (χ1v) is 8.69. The minimum Gasteiger partial charge on any atom is -0.326 e. The van der Waals surface area contributed by atoms with Crippen LogP contribution in [0.1, 0.15) is 52.4 Å². The summed E-state index contributed by atoms with van der Waals surface area (Å²) in [4.78, 5) is 5.36. The molecule has 0 spiro atoms. The van der Waals surface area contributed by atoms with Crippen molar-refractivity contribution in [2.45, 2.75) is 70.5 Å². The molecular weight excluding hydrogens is 246 g/mol. The summed E-state index contributed by atoms with van der Waals surface area (Å²) in [5.74, 6) is 0.889. The Labute approximate surface area is 124 Å². The average molecular weight is 279 g/mol. The first-order valence-electron chi connectivity index (χ1n) is 8.69. The van der Waals surface area contributed by atoms with Gasteiger partial charge in [0.25, 0.3) is 0 Å². The van der Waals surface area contributed by atoms with Crippen molar-refractivity contribution in [2.75, 3.05) is 26.7 Å². The minimum absolute atomic E-state index is 0.323. The smallest absolute Gasteiger partial charge is 0.0252 e. The van der Waals surface area contributed by atoms with Crippen molar-refractivity contribution in [2.24, 2.45) is 17.1 Å². The summed E-state index contributed by atoms with van der Waals surface area (Å²) in [7, 11) is 2.32. The van der Waals surface area contributed by atoms with Crippen molar-refractivity contribution in [3.05, 3.63) is 0 Å². The van der Waals surface area contributed by atoms with Gasteiger partial charge >= 0.3 is 0 Å². The van der Waals surface area contributed by atoms with Gasteiger partial charge in [0.05, 0.1) is 0 Å². The van der Waals surface area contributed by atoms with E-state index in [2.05, 4.69) is 30.7 Å². The standard InChI is InChI=1S/C17H33N3/c1-17(2)9-4-7-15(16(17)18)20-11-8-14-13(12-20)6-5-10-19(14)3/h13-16H,4-12,18H2,1-3H3. The number of rotatable bonds is 1. The zero-order chi connectivity index (χ0) is 14.3. The third-order valence-corrected chi connectivity index (χ3v) is 6.48. The molecule has 0 amide bonds. The molecule has 0 aromatic heterocycles. The minimum atomic E-state index is 0.323. The van der Waals surface area contributed by atoms with E-state index in [1.807, 2.05) is 0 Å². The fourth-order valence-corrected chi connectivity index (χ4v) is 5.03. The number of nitrogens with zero attached hydrogens (tertiary/aromatic N) is 2.